The van der Waals surface area contributed by atoms with E-state index in [1.165, 1.54) is 0 Å². The van der Waals surface area contributed by atoms with Gasteiger partial charge in [0.05, 0.1) is 0 Å². The first-order valence-corrected chi connectivity index (χ1v) is 5.62. The Hall–Kier alpha value is -1.03. The fourth-order valence-electron chi connectivity index (χ4n) is 1.16. The van der Waals surface area contributed by atoms with Crippen molar-refractivity contribution >= 4 is 23.1 Å². The second-order valence-corrected chi connectivity index (χ2v) is 3.68. The predicted molar refractivity (Wildman–Crippen MR) is 64.2 cm³/mol. The summed E-state index contributed by atoms with van der Waals surface area (Å²) in [4.78, 5) is 8.36. The topological polar surface area (TPSA) is 63.8 Å². The summed E-state index contributed by atoms with van der Waals surface area (Å²) < 4.78 is 0. The lowest BCUT2D eigenvalue weighted by Crippen LogP contribution is -2.09. The first kappa shape index (κ1) is 12.0. The van der Waals surface area contributed by atoms with Gasteiger partial charge in [-0.05, 0) is 6.42 Å². The number of hydrogen-bond acceptors (Lipinski definition) is 4. The molecule has 0 aromatic carbocycles. The summed E-state index contributed by atoms with van der Waals surface area (Å²) in [6.07, 6.45) is 2.97. The van der Waals surface area contributed by atoms with E-state index in [-0.39, 0.29) is 0 Å². The molecule has 5 heteroatoms. The van der Waals surface area contributed by atoms with Crippen molar-refractivity contribution in [2.45, 2.75) is 33.1 Å². The van der Waals surface area contributed by atoms with Crippen molar-refractivity contribution in [3.63, 3.8) is 0 Å². The second-order valence-electron chi connectivity index (χ2n) is 3.33. The van der Waals surface area contributed by atoms with Gasteiger partial charge in [0.2, 0.25) is 0 Å². The first-order chi connectivity index (χ1) is 7.19. The van der Waals surface area contributed by atoms with Gasteiger partial charge in [0.25, 0.3) is 0 Å². The highest BCUT2D eigenvalue weighted by atomic mass is 35.5. The maximum atomic E-state index is 5.89. The highest BCUT2D eigenvalue weighted by molar-refractivity contribution is 6.32. The Balaban J connectivity index is 2.80. The Bertz CT molecular complexity index is 327. The zero-order chi connectivity index (χ0) is 11.3. The predicted octanol–water partition coefficient (Wildman–Crippen LogP) is 2.49. The molecule has 0 fully saturated rings. The van der Waals surface area contributed by atoms with Gasteiger partial charge in [0.15, 0.2) is 11.0 Å². The van der Waals surface area contributed by atoms with Crippen LogP contribution in [0.2, 0.25) is 5.15 Å². The molecule has 4 nitrogen and oxygen atoms in total. The molecule has 0 aliphatic rings. The zero-order valence-corrected chi connectivity index (χ0v) is 9.93. The molecule has 15 heavy (non-hydrogen) atoms. The number of anilines is 2. The standard InChI is InChI=1S/C10H17ClN4/c1-3-5-6-13-10-8(12)9(11)14-7(4-2)15-10/h3-6,12H2,1-2H3,(H,13,14,15). The molecule has 1 aromatic heterocycles. The lowest BCUT2D eigenvalue weighted by molar-refractivity contribution is 0.827. The molecule has 0 spiro atoms. The minimum Gasteiger partial charge on any atom is -0.393 e. The average molecular weight is 229 g/mol. The molecule has 0 amide bonds. The van der Waals surface area contributed by atoms with Crippen LogP contribution >= 0.6 is 11.6 Å². The third kappa shape index (κ3) is 3.23. The van der Waals surface area contributed by atoms with E-state index in [0.717, 1.165) is 25.8 Å². The quantitative estimate of drug-likeness (QED) is 0.600. The number of aromatic nitrogens is 2. The maximum Gasteiger partial charge on any atom is 0.157 e. The number of nitrogens with one attached hydrogen (secondary N) is 1. The highest BCUT2D eigenvalue weighted by Gasteiger charge is 2.08. The number of nitrogen functional groups attached to an aromatic ring is 1. The number of aryl methyl sites for hydroxylation is 1. The van der Waals surface area contributed by atoms with Gasteiger partial charge in [-0.2, -0.15) is 0 Å². The Morgan fingerprint density at radius 1 is 1.33 bits per heavy atom. The van der Waals surface area contributed by atoms with E-state index >= 15 is 0 Å². The third-order valence-electron chi connectivity index (χ3n) is 2.08. The van der Waals surface area contributed by atoms with E-state index in [1.807, 2.05) is 6.92 Å². The Morgan fingerprint density at radius 3 is 2.67 bits per heavy atom. The number of nitrogens with two attached hydrogens (primary N) is 1. The minimum absolute atomic E-state index is 0.334. The minimum atomic E-state index is 0.334. The van der Waals surface area contributed by atoms with E-state index in [1.54, 1.807) is 0 Å². The monoisotopic (exact) mass is 228 g/mol. The summed E-state index contributed by atoms with van der Waals surface area (Å²) in [6.45, 7) is 4.98. The summed E-state index contributed by atoms with van der Waals surface area (Å²) in [5.74, 6) is 1.37. The van der Waals surface area contributed by atoms with Gasteiger partial charge >= 0.3 is 0 Å². The molecular formula is C10H17ClN4. The number of hydrogen-bond donors (Lipinski definition) is 2. The lowest BCUT2D eigenvalue weighted by Gasteiger charge is -2.09. The van der Waals surface area contributed by atoms with Crippen LogP contribution in [0, 0.1) is 0 Å². The average Bonchev–Trinajstić information content (AvgIpc) is 2.24. The Morgan fingerprint density at radius 2 is 2.07 bits per heavy atom. The molecule has 84 valence electrons. The molecular weight excluding hydrogens is 212 g/mol. The number of halogens is 1. The number of nitrogens with zero attached hydrogens (tertiary/aromatic N) is 2. The van der Waals surface area contributed by atoms with Crippen molar-refractivity contribution in [1.29, 1.82) is 0 Å². The van der Waals surface area contributed by atoms with E-state index < -0.39 is 0 Å². The molecule has 0 saturated heterocycles. The van der Waals surface area contributed by atoms with Crippen LogP contribution in [0.15, 0.2) is 0 Å². The number of rotatable bonds is 5. The first-order valence-electron chi connectivity index (χ1n) is 5.24. The van der Waals surface area contributed by atoms with Crippen LogP contribution < -0.4 is 11.1 Å². The second kappa shape index (κ2) is 5.75. The molecule has 1 aromatic rings. The van der Waals surface area contributed by atoms with Crippen LogP contribution in [0.3, 0.4) is 0 Å². The molecule has 0 aliphatic carbocycles. The van der Waals surface area contributed by atoms with Crippen LogP contribution in [-0.2, 0) is 6.42 Å². The summed E-state index contributed by atoms with van der Waals surface area (Å²) in [7, 11) is 0. The lowest BCUT2D eigenvalue weighted by atomic mass is 10.3. The van der Waals surface area contributed by atoms with E-state index in [4.69, 9.17) is 17.3 Å². The zero-order valence-electron chi connectivity index (χ0n) is 9.18. The summed E-state index contributed by atoms with van der Waals surface area (Å²) in [6, 6.07) is 0. The normalized spacial score (nSPS) is 10.3. The molecule has 3 N–H and O–H groups in total. The van der Waals surface area contributed by atoms with Crippen LogP contribution in [0.1, 0.15) is 32.5 Å². The molecule has 1 rings (SSSR count). The maximum absolute atomic E-state index is 5.89. The summed E-state index contributed by atoms with van der Waals surface area (Å²) in [5, 5.41) is 3.50. The third-order valence-corrected chi connectivity index (χ3v) is 2.37. The SMILES string of the molecule is CCCCNc1nc(CC)nc(Cl)c1N. The summed E-state index contributed by atoms with van der Waals surface area (Å²) >= 11 is 5.89. The van der Waals surface area contributed by atoms with Crippen molar-refractivity contribution in [3.05, 3.63) is 11.0 Å². The van der Waals surface area contributed by atoms with Gasteiger partial charge in [-0.25, -0.2) is 9.97 Å². The van der Waals surface area contributed by atoms with Gasteiger partial charge in [-0.3, -0.25) is 0 Å². The number of unbranched alkanes of at least 4 members (excludes halogenated alkanes) is 1. The van der Waals surface area contributed by atoms with Crippen LogP contribution in [0.4, 0.5) is 11.5 Å². The molecule has 0 saturated carbocycles. The highest BCUT2D eigenvalue weighted by Crippen LogP contribution is 2.23. The Labute approximate surface area is 95.3 Å². The molecule has 0 atom stereocenters. The fraction of sp³-hybridized carbons (Fsp3) is 0.600. The van der Waals surface area contributed by atoms with Gasteiger partial charge in [0, 0.05) is 13.0 Å². The molecule has 0 bridgehead atoms. The molecule has 1 heterocycles. The van der Waals surface area contributed by atoms with Crippen molar-refractivity contribution < 1.29 is 0 Å². The Kier molecular flexibility index (Phi) is 4.62. The van der Waals surface area contributed by atoms with Gasteiger partial charge < -0.3 is 11.1 Å². The molecule has 0 aliphatic heterocycles. The van der Waals surface area contributed by atoms with Gasteiger partial charge in [-0.1, -0.05) is 31.9 Å². The van der Waals surface area contributed by atoms with Crippen molar-refractivity contribution in [1.82, 2.24) is 9.97 Å². The molecule has 0 radical (unpaired) electrons. The van der Waals surface area contributed by atoms with Crippen molar-refractivity contribution in [2.75, 3.05) is 17.6 Å². The van der Waals surface area contributed by atoms with Gasteiger partial charge in [-0.15, -0.1) is 0 Å². The van der Waals surface area contributed by atoms with Crippen molar-refractivity contribution in [2.24, 2.45) is 0 Å². The van der Waals surface area contributed by atoms with Crippen molar-refractivity contribution in [3.8, 4) is 0 Å². The van der Waals surface area contributed by atoms with E-state index in [9.17, 15) is 0 Å². The molecule has 0 unspecified atom stereocenters. The van der Waals surface area contributed by atoms with Gasteiger partial charge in [0.1, 0.15) is 11.5 Å². The fourth-order valence-corrected chi connectivity index (χ4v) is 1.35. The summed E-state index contributed by atoms with van der Waals surface area (Å²) in [5.41, 5.74) is 6.20. The largest absolute Gasteiger partial charge is 0.393 e. The van der Waals surface area contributed by atoms with E-state index in [2.05, 4.69) is 22.2 Å². The van der Waals surface area contributed by atoms with Crippen LogP contribution in [0.25, 0.3) is 0 Å². The smallest absolute Gasteiger partial charge is 0.157 e. The van der Waals surface area contributed by atoms with E-state index in [0.29, 0.717) is 22.5 Å². The van der Waals surface area contributed by atoms with Crippen LogP contribution in [-0.4, -0.2) is 16.5 Å². The van der Waals surface area contributed by atoms with Crippen LogP contribution in [0.5, 0.6) is 0 Å².